The minimum absolute atomic E-state index is 0.276. The van der Waals surface area contributed by atoms with Gasteiger partial charge in [-0.25, -0.2) is 4.98 Å². The van der Waals surface area contributed by atoms with Crippen molar-refractivity contribution in [2.45, 2.75) is 6.92 Å². The number of amides is 1. The van der Waals surface area contributed by atoms with Crippen molar-refractivity contribution in [3.05, 3.63) is 66.5 Å². The first kappa shape index (κ1) is 20.0. The van der Waals surface area contributed by atoms with Crippen LogP contribution >= 0.6 is 0 Å². The predicted molar refractivity (Wildman–Crippen MR) is 113 cm³/mol. The van der Waals surface area contributed by atoms with Crippen LogP contribution in [0.5, 0.6) is 17.2 Å². The van der Waals surface area contributed by atoms with Crippen molar-refractivity contribution < 1.29 is 19.0 Å². The smallest absolute Gasteiger partial charge is 0.274 e. The lowest BCUT2D eigenvalue weighted by Crippen LogP contribution is -2.14. The number of rotatable bonds is 8. The summed E-state index contributed by atoms with van der Waals surface area (Å²) in [5.41, 5.74) is 2.35. The fourth-order valence-corrected chi connectivity index (χ4v) is 2.71. The lowest BCUT2D eigenvalue weighted by Gasteiger charge is -2.13. The Morgan fingerprint density at radius 2 is 1.79 bits per heavy atom. The van der Waals surface area contributed by atoms with Gasteiger partial charge in [0.2, 0.25) is 0 Å². The standard InChI is InChI=1S/C22H23N3O4/c1-4-29-21-8-6-5-7-17(21)24-15-9-11-18(23-14-15)22(26)25-19-13-16(27-2)10-12-20(19)28-3/h5-14,24H,4H2,1-3H3,(H,25,26). The Hall–Kier alpha value is -3.74. The van der Waals surface area contributed by atoms with Crippen LogP contribution in [0.2, 0.25) is 0 Å². The number of pyridine rings is 1. The van der Waals surface area contributed by atoms with Crippen molar-refractivity contribution >= 4 is 23.0 Å². The summed E-state index contributed by atoms with van der Waals surface area (Å²) in [5.74, 6) is 1.55. The summed E-state index contributed by atoms with van der Waals surface area (Å²) < 4.78 is 16.1. The van der Waals surface area contributed by atoms with Gasteiger partial charge in [-0.3, -0.25) is 4.79 Å². The number of hydrogen-bond acceptors (Lipinski definition) is 6. The van der Waals surface area contributed by atoms with Crippen molar-refractivity contribution in [3.63, 3.8) is 0 Å². The first-order chi connectivity index (χ1) is 14.1. The molecule has 0 radical (unpaired) electrons. The average Bonchev–Trinajstić information content (AvgIpc) is 2.75. The van der Waals surface area contributed by atoms with Crippen molar-refractivity contribution in [1.82, 2.24) is 4.98 Å². The molecule has 150 valence electrons. The van der Waals surface area contributed by atoms with Crippen LogP contribution in [0, 0.1) is 0 Å². The van der Waals surface area contributed by atoms with Crippen LogP contribution in [0.4, 0.5) is 17.1 Å². The van der Waals surface area contributed by atoms with E-state index in [1.165, 1.54) is 7.11 Å². The zero-order valence-corrected chi connectivity index (χ0v) is 16.6. The quantitative estimate of drug-likeness (QED) is 0.587. The van der Waals surface area contributed by atoms with Gasteiger partial charge in [0.1, 0.15) is 22.9 Å². The fraction of sp³-hybridized carbons (Fsp3) is 0.182. The second kappa shape index (κ2) is 9.45. The maximum Gasteiger partial charge on any atom is 0.274 e. The Balaban J connectivity index is 1.73. The van der Waals surface area contributed by atoms with Gasteiger partial charge in [-0.05, 0) is 43.3 Å². The number of aromatic nitrogens is 1. The highest BCUT2D eigenvalue weighted by atomic mass is 16.5. The molecule has 0 atom stereocenters. The zero-order valence-electron chi connectivity index (χ0n) is 16.6. The number of ether oxygens (including phenoxy) is 3. The molecule has 29 heavy (non-hydrogen) atoms. The van der Waals surface area contributed by atoms with E-state index in [9.17, 15) is 4.79 Å². The van der Waals surface area contributed by atoms with Crippen molar-refractivity contribution in [3.8, 4) is 17.2 Å². The minimum atomic E-state index is -0.349. The van der Waals surface area contributed by atoms with Crippen LogP contribution in [0.3, 0.4) is 0 Å². The molecule has 7 heteroatoms. The SMILES string of the molecule is CCOc1ccccc1Nc1ccc(C(=O)Nc2cc(OC)ccc2OC)nc1. The van der Waals surface area contributed by atoms with Crippen LogP contribution in [0.1, 0.15) is 17.4 Å². The molecule has 0 aliphatic rings. The van der Waals surface area contributed by atoms with E-state index in [-0.39, 0.29) is 11.6 Å². The molecule has 2 N–H and O–H groups in total. The van der Waals surface area contributed by atoms with Gasteiger partial charge in [-0.15, -0.1) is 0 Å². The largest absolute Gasteiger partial charge is 0.497 e. The van der Waals surface area contributed by atoms with Crippen LogP contribution in [-0.4, -0.2) is 31.7 Å². The molecule has 1 heterocycles. The van der Waals surface area contributed by atoms with E-state index < -0.39 is 0 Å². The van der Waals surface area contributed by atoms with Gasteiger partial charge >= 0.3 is 0 Å². The molecular formula is C22H23N3O4. The third-order valence-corrected chi connectivity index (χ3v) is 4.12. The lowest BCUT2D eigenvalue weighted by atomic mass is 10.2. The molecule has 1 aromatic heterocycles. The topological polar surface area (TPSA) is 81.7 Å². The fourth-order valence-electron chi connectivity index (χ4n) is 2.71. The van der Waals surface area contributed by atoms with Gasteiger partial charge in [0.25, 0.3) is 5.91 Å². The number of hydrogen-bond donors (Lipinski definition) is 2. The molecule has 0 bridgehead atoms. The Morgan fingerprint density at radius 3 is 2.48 bits per heavy atom. The van der Waals surface area contributed by atoms with E-state index in [1.54, 1.807) is 43.6 Å². The Labute approximate surface area is 169 Å². The summed E-state index contributed by atoms with van der Waals surface area (Å²) in [4.78, 5) is 16.8. The van der Waals surface area contributed by atoms with Crippen LogP contribution in [0.25, 0.3) is 0 Å². The number of anilines is 3. The van der Waals surface area contributed by atoms with Crippen LogP contribution in [0.15, 0.2) is 60.8 Å². The van der Waals surface area contributed by atoms with Crippen molar-refractivity contribution in [1.29, 1.82) is 0 Å². The molecule has 0 saturated heterocycles. The summed E-state index contributed by atoms with van der Waals surface area (Å²) in [6.07, 6.45) is 1.60. The second-order valence-electron chi connectivity index (χ2n) is 6.01. The van der Waals surface area contributed by atoms with Gasteiger partial charge in [-0.1, -0.05) is 12.1 Å². The maximum atomic E-state index is 12.6. The summed E-state index contributed by atoms with van der Waals surface area (Å²) >= 11 is 0. The predicted octanol–water partition coefficient (Wildman–Crippen LogP) is 4.49. The lowest BCUT2D eigenvalue weighted by molar-refractivity contribution is 0.102. The van der Waals surface area contributed by atoms with Gasteiger partial charge in [-0.2, -0.15) is 0 Å². The summed E-state index contributed by atoms with van der Waals surface area (Å²) in [7, 11) is 3.10. The third kappa shape index (κ3) is 4.95. The first-order valence-electron chi connectivity index (χ1n) is 9.13. The number of carbonyl (C=O) groups is 1. The van der Waals surface area contributed by atoms with E-state index >= 15 is 0 Å². The highest BCUT2D eigenvalue weighted by Gasteiger charge is 2.12. The molecule has 0 unspecified atom stereocenters. The highest BCUT2D eigenvalue weighted by molar-refractivity contribution is 6.04. The highest BCUT2D eigenvalue weighted by Crippen LogP contribution is 2.30. The molecule has 0 aliphatic carbocycles. The molecule has 0 fully saturated rings. The summed E-state index contributed by atoms with van der Waals surface area (Å²) in [5, 5.41) is 6.05. The molecule has 0 spiro atoms. The first-order valence-corrected chi connectivity index (χ1v) is 9.13. The molecular weight excluding hydrogens is 370 g/mol. The van der Waals surface area contributed by atoms with Gasteiger partial charge in [0.15, 0.2) is 0 Å². The van der Waals surface area contributed by atoms with Gasteiger partial charge < -0.3 is 24.8 Å². The number of carbonyl (C=O) groups excluding carboxylic acids is 1. The van der Waals surface area contributed by atoms with E-state index in [4.69, 9.17) is 14.2 Å². The Bertz CT molecular complexity index is 974. The van der Waals surface area contributed by atoms with Crippen molar-refractivity contribution in [2.24, 2.45) is 0 Å². The monoisotopic (exact) mass is 393 g/mol. The van der Waals surface area contributed by atoms with E-state index in [1.807, 2.05) is 31.2 Å². The number of nitrogens with one attached hydrogen (secondary N) is 2. The molecule has 3 rings (SSSR count). The van der Waals surface area contributed by atoms with Crippen molar-refractivity contribution in [2.75, 3.05) is 31.5 Å². The number of nitrogens with zero attached hydrogens (tertiary/aromatic N) is 1. The Kier molecular flexibility index (Phi) is 6.52. The van der Waals surface area contributed by atoms with E-state index in [2.05, 4.69) is 15.6 Å². The molecule has 0 aliphatic heterocycles. The molecule has 2 aromatic carbocycles. The average molecular weight is 393 g/mol. The van der Waals surface area contributed by atoms with Gasteiger partial charge in [0.05, 0.1) is 44.1 Å². The van der Waals surface area contributed by atoms with E-state index in [0.717, 1.165) is 17.1 Å². The molecule has 3 aromatic rings. The normalized spacial score (nSPS) is 10.2. The minimum Gasteiger partial charge on any atom is -0.497 e. The third-order valence-electron chi connectivity index (χ3n) is 4.12. The molecule has 7 nitrogen and oxygen atoms in total. The maximum absolute atomic E-state index is 12.6. The molecule has 1 amide bonds. The zero-order chi connectivity index (χ0) is 20.6. The van der Waals surface area contributed by atoms with Gasteiger partial charge in [0, 0.05) is 6.07 Å². The van der Waals surface area contributed by atoms with E-state index in [0.29, 0.717) is 23.8 Å². The molecule has 0 saturated carbocycles. The summed E-state index contributed by atoms with van der Waals surface area (Å²) in [6.45, 7) is 2.51. The second-order valence-corrected chi connectivity index (χ2v) is 6.01. The number of para-hydroxylation sites is 2. The summed E-state index contributed by atoms with van der Waals surface area (Å²) in [6, 6.07) is 16.2. The van der Waals surface area contributed by atoms with Crippen LogP contribution in [-0.2, 0) is 0 Å². The number of methoxy groups -OCH3 is 2. The number of benzene rings is 2. The van der Waals surface area contributed by atoms with Crippen LogP contribution < -0.4 is 24.8 Å². The Morgan fingerprint density at radius 1 is 0.966 bits per heavy atom.